The van der Waals surface area contributed by atoms with Crippen LogP contribution in [0.4, 0.5) is 0 Å². The monoisotopic (exact) mass is 278 g/mol. The molecule has 0 aromatic carbocycles. The summed E-state index contributed by atoms with van der Waals surface area (Å²) in [5, 5.41) is 9.41. The fraction of sp³-hybridized carbons (Fsp3) is 0.643. The number of carboxylic acid groups (broad SMARTS) is 1. The number of nitrogens with zero attached hydrogens (tertiary/aromatic N) is 2. The number of rotatable bonds is 2. The van der Waals surface area contributed by atoms with E-state index in [4.69, 9.17) is 4.42 Å². The van der Waals surface area contributed by atoms with Gasteiger partial charge in [-0.1, -0.05) is 12.8 Å². The van der Waals surface area contributed by atoms with Gasteiger partial charge in [-0.3, -0.25) is 4.79 Å². The van der Waals surface area contributed by atoms with Crippen molar-refractivity contribution in [2.45, 2.75) is 51.1 Å². The highest BCUT2D eigenvalue weighted by molar-refractivity contribution is 5.95. The second-order valence-electron chi connectivity index (χ2n) is 5.68. The predicted octanol–water partition coefficient (Wildman–Crippen LogP) is 1.84. The van der Waals surface area contributed by atoms with Gasteiger partial charge in [0.05, 0.1) is 5.69 Å². The smallest absolute Gasteiger partial charge is 0.326 e. The van der Waals surface area contributed by atoms with E-state index >= 15 is 0 Å². The lowest BCUT2D eigenvalue weighted by Gasteiger charge is -2.32. The number of carbonyl (C=O) groups is 2. The molecule has 0 spiro atoms. The molecule has 6 heteroatoms. The highest BCUT2D eigenvalue weighted by Gasteiger charge is 2.48. The Bertz CT molecular complexity index is 539. The Balaban J connectivity index is 1.93. The summed E-state index contributed by atoms with van der Waals surface area (Å²) in [5.74, 6) is -0.786. The Kier molecular flexibility index (Phi) is 3.23. The van der Waals surface area contributed by atoms with Gasteiger partial charge < -0.3 is 14.4 Å². The summed E-state index contributed by atoms with van der Waals surface area (Å²) >= 11 is 0. The normalized spacial score (nSPS) is 29.2. The molecule has 1 saturated carbocycles. The minimum Gasteiger partial charge on any atom is -0.480 e. The maximum atomic E-state index is 12.6. The van der Waals surface area contributed by atoms with E-state index in [9.17, 15) is 14.7 Å². The van der Waals surface area contributed by atoms with Gasteiger partial charge >= 0.3 is 5.97 Å². The Morgan fingerprint density at radius 1 is 1.40 bits per heavy atom. The molecule has 1 aliphatic heterocycles. The summed E-state index contributed by atoms with van der Waals surface area (Å²) in [6.07, 6.45) is 5.84. The predicted molar refractivity (Wildman–Crippen MR) is 69.2 cm³/mol. The SMILES string of the molecule is Cc1ncoc1C(=O)N1C(C(=O)O)CC2CCCCC21. The van der Waals surface area contributed by atoms with Gasteiger partial charge in [-0.25, -0.2) is 9.78 Å². The van der Waals surface area contributed by atoms with Crippen molar-refractivity contribution in [3.05, 3.63) is 17.8 Å². The number of aliphatic carboxylic acids is 1. The Labute approximate surface area is 116 Å². The van der Waals surface area contributed by atoms with Crippen LogP contribution in [-0.4, -0.2) is 39.0 Å². The van der Waals surface area contributed by atoms with Crippen molar-refractivity contribution in [2.75, 3.05) is 0 Å². The van der Waals surface area contributed by atoms with E-state index in [0.717, 1.165) is 25.7 Å². The molecule has 1 saturated heterocycles. The molecule has 1 N–H and O–H groups in total. The zero-order chi connectivity index (χ0) is 14.3. The summed E-state index contributed by atoms with van der Waals surface area (Å²) in [5.41, 5.74) is 0.512. The summed E-state index contributed by atoms with van der Waals surface area (Å²) in [6, 6.07) is -0.707. The van der Waals surface area contributed by atoms with Gasteiger partial charge in [0.2, 0.25) is 5.76 Å². The third-order valence-corrected chi connectivity index (χ3v) is 4.55. The van der Waals surface area contributed by atoms with Crippen LogP contribution >= 0.6 is 0 Å². The quantitative estimate of drug-likeness (QED) is 0.892. The lowest BCUT2D eigenvalue weighted by atomic mass is 9.84. The Morgan fingerprint density at radius 3 is 2.80 bits per heavy atom. The van der Waals surface area contributed by atoms with Gasteiger partial charge in [-0.05, 0) is 32.1 Å². The molecule has 108 valence electrons. The number of carbonyl (C=O) groups excluding carboxylic acids is 1. The number of likely N-dealkylation sites (tertiary alicyclic amines) is 1. The van der Waals surface area contributed by atoms with Crippen molar-refractivity contribution in [3.8, 4) is 0 Å². The molecule has 2 fully saturated rings. The van der Waals surface area contributed by atoms with Crippen LogP contribution in [0, 0.1) is 12.8 Å². The van der Waals surface area contributed by atoms with E-state index in [-0.39, 0.29) is 17.7 Å². The van der Waals surface area contributed by atoms with E-state index in [1.807, 2.05) is 0 Å². The molecular weight excluding hydrogens is 260 g/mol. The number of carboxylic acids is 1. The first-order valence-electron chi connectivity index (χ1n) is 7.05. The fourth-order valence-corrected chi connectivity index (χ4v) is 3.60. The van der Waals surface area contributed by atoms with E-state index in [2.05, 4.69) is 4.98 Å². The van der Waals surface area contributed by atoms with Crippen molar-refractivity contribution in [1.82, 2.24) is 9.88 Å². The van der Waals surface area contributed by atoms with E-state index < -0.39 is 12.0 Å². The van der Waals surface area contributed by atoms with Gasteiger partial charge in [0.1, 0.15) is 6.04 Å². The largest absolute Gasteiger partial charge is 0.480 e. The summed E-state index contributed by atoms with van der Waals surface area (Å²) < 4.78 is 5.15. The number of amides is 1. The number of hydrogen-bond acceptors (Lipinski definition) is 4. The zero-order valence-electron chi connectivity index (χ0n) is 11.4. The lowest BCUT2D eigenvalue weighted by molar-refractivity contribution is -0.141. The number of oxazole rings is 1. The second kappa shape index (κ2) is 4.92. The van der Waals surface area contributed by atoms with Crippen molar-refractivity contribution in [1.29, 1.82) is 0 Å². The minimum atomic E-state index is -0.926. The first kappa shape index (κ1) is 13.1. The highest BCUT2D eigenvalue weighted by Crippen LogP contribution is 2.40. The van der Waals surface area contributed by atoms with E-state index in [1.54, 1.807) is 6.92 Å². The maximum Gasteiger partial charge on any atom is 0.326 e. The molecule has 20 heavy (non-hydrogen) atoms. The summed E-state index contributed by atoms with van der Waals surface area (Å²) in [7, 11) is 0. The second-order valence-corrected chi connectivity index (χ2v) is 5.68. The number of hydrogen-bond donors (Lipinski definition) is 1. The van der Waals surface area contributed by atoms with Crippen molar-refractivity contribution in [3.63, 3.8) is 0 Å². The van der Waals surface area contributed by atoms with E-state index in [0.29, 0.717) is 18.0 Å². The van der Waals surface area contributed by atoms with Crippen LogP contribution in [0.3, 0.4) is 0 Å². The highest BCUT2D eigenvalue weighted by atomic mass is 16.4. The third kappa shape index (κ3) is 1.99. The average molecular weight is 278 g/mol. The molecule has 3 rings (SSSR count). The molecule has 1 aromatic rings. The molecule has 0 bridgehead atoms. The molecule has 2 aliphatic rings. The van der Waals surface area contributed by atoms with Crippen LogP contribution in [0.1, 0.15) is 48.4 Å². The summed E-state index contributed by atoms with van der Waals surface area (Å²) in [6.45, 7) is 1.70. The summed E-state index contributed by atoms with van der Waals surface area (Å²) in [4.78, 5) is 29.6. The zero-order valence-corrected chi connectivity index (χ0v) is 11.4. The Morgan fingerprint density at radius 2 is 2.15 bits per heavy atom. The topological polar surface area (TPSA) is 83.6 Å². The molecule has 6 nitrogen and oxygen atoms in total. The number of aryl methyl sites for hydroxylation is 1. The molecule has 1 amide bonds. The van der Waals surface area contributed by atoms with Crippen LogP contribution in [-0.2, 0) is 4.79 Å². The molecular formula is C14H18N2O4. The van der Waals surface area contributed by atoms with Crippen LogP contribution in [0.15, 0.2) is 10.8 Å². The van der Waals surface area contributed by atoms with Crippen LogP contribution in [0.2, 0.25) is 0 Å². The van der Waals surface area contributed by atoms with Crippen molar-refractivity contribution < 1.29 is 19.1 Å². The molecule has 0 radical (unpaired) electrons. The van der Waals surface area contributed by atoms with E-state index in [1.165, 1.54) is 11.3 Å². The molecule has 2 heterocycles. The molecule has 1 aromatic heterocycles. The molecule has 3 unspecified atom stereocenters. The molecule has 3 atom stereocenters. The minimum absolute atomic E-state index is 0.0295. The van der Waals surface area contributed by atoms with Gasteiger partial charge in [0.25, 0.3) is 5.91 Å². The van der Waals surface area contributed by atoms with Gasteiger partial charge in [0.15, 0.2) is 6.39 Å². The van der Waals surface area contributed by atoms with Crippen LogP contribution in [0.25, 0.3) is 0 Å². The first-order valence-corrected chi connectivity index (χ1v) is 7.05. The van der Waals surface area contributed by atoms with Crippen molar-refractivity contribution in [2.24, 2.45) is 5.92 Å². The number of fused-ring (bicyclic) bond motifs is 1. The van der Waals surface area contributed by atoms with Gasteiger partial charge in [0, 0.05) is 6.04 Å². The van der Waals surface area contributed by atoms with Crippen molar-refractivity contribution >= 4 is 11.9 Å². The maximum absolute atomic E-state index is 12.6. The fourth-order valence-electron chi connectivity index (χ4n) is 3.60. The average Bonchev–Trinajstić information content (AvgIpc) is 3.01. The molecule has 1 aliphatic carbocycles. The van der Waals surface area contributed by atoms with Gasteiger partial charge in [-0.2, -0.15) is 0 Å². The van der Waals surface area contributed by atoms with Gasteiger partial charge in [-0.15, -0.1) is 0 Å². The lowest BCUT2D eigenvalue weighted by Crippen LogP contribution is -2.46. The first-order chi connectivity index (χ1) is 9.59. The van der Waals surface area contributed by atoms with Crippen LogP contribution < -0.4 is 0 Å². The third-order valence-electron chi connectivity index (χ3n) is 4.55. The Hall–Kier alpha value is -1.85. The standard InChI is InChI=1S/C14H18N2O4/c1-8-12(20-7-15-8)13(17)16-10-5-3-2-4-9(10)6-11(16)14(18)19/h7,9-11H,2-6H2,1H3,(H,18,19). The number of aromatic nitrogens is 1. The van der Waals surface area contributed by atoms with Crippen LogP contribution in [0.5, 0.6) is 0 Å².